The van der Waals surface area contributed by atoms with Gasteiger partial charge in [0.2, 0.25) is 5.95 Å². The minimum Gasteiger partial charge on any atom is -0.378 e. The van der Waals surface area contributed by atoms with Crippen molar-refractivity contribution in [3.8, 4) is 0 Å². The molecule has 0 aliphatic carbocycles. The van der Waals surface area contributed by atoms with E-state index in [2.05, 4.69) is 25.0 Å². The normalized spacial score (nSPS) is 21.4. The van der Waals surface area contributed by atoms with E-state index < -0.39 is 10.8 Å². The molecule has 0 radical (unpaired) electrons. The molecule has 0 unspecified atom stereocenters. The highest BCUT2D eigenvalue weighted by atomic mass is 35.5. The Hall–Kier alpha value is -1.82. The third-order valence-corrected chi connectivity index (χ3v) is 7.16. The molecule has 0 bridgehead atoms. The minimum absolute atomic E-state index is 0.336. The second-order valence-corrected chi connectivity index (χ2v) is 9.58. The van der Waals surface area contributed by atoms with Gasteiger partial charge in [0.05, 0.1) is 13.2 Å². The quantitative estimate of drug-likeness (QED) is 0.678. The van der Waals surface area contributed by atoms with Crippen molar-refractivity contribution in [3.05, 3.63) is 5.15 Å². The summed E-state index contributed by atoms with van der Waals surface area (Å²) in [7, 11) is -0.772. The molecule has 0 amide bonds. The van der Waals surface area contributed by atoms with E-state index in [1.165, 1.54) is 0 Å². The molecule has 2 aromatic heterocycles. The standard InChI is InChI=1S/C18H25ClN8O2S/c19-14-17(26-7-11-30(28)12-8-26)22-15-13(21-14)16(25-5-9-29-10-6-25)24-18(23-15)27-3-1-20-2-4-27/h20H,1-12H2. The van der Waals surface area contributed by atoms with E-state index in [-0.39, 0.29) is 0 Å². The maximum atomic E-state index is 11.7. The maximum absolute atomic E-state index is 11.7. The molecule has 0 aromatic carbocycles. The number of halogens is 1. The van der Waals surface area contributed by atoms with Gasteiger partial charge in [-0.25, -0.2) is 9.97 Å². The number of rotatable bonds is 3. The summed E-state index contributed by atoms with van der Waals surface area (Å²) in [5.74, 6) is 3.28. The topological polar surface area (TPSA) is 99.6 Å². The van der Waals surface area contributed by atoms with E-state index in [0.29, 0.717) is 65.9 Å². The first-order valence-corrected chi connectivity index (χ1v) is 12.2. The highest BCUT2D eigenvalue weighted by Gasteiger charge is 2.26. The Morgan fingerprint density at radius 1 is 0.833 bits per heavy atom. The summed E-state index contributed by atoms with van der Waals surface area (Å²) >= 11 is 6.56. The molecule has 3 aliphatic heterocycles. The number of piperazine rings is 1. The lowest BCUT2D eigenvalue weighted by atomic mass is 10.3. The molecule has 12 heteroatoms. The Morgan fingerprint density at radius 2 is 1.53 bits per heavy atom. The van der Waals surface area contributed by atoms with Gasteiger partial charge in [0, 0.05) is 74.7 Å². The smallest absolute Gasteiger partial charge is 0.229 e. The number of morpholine rings is 1. The van der Waals surface area contributed by atoms with Crippen molar-refractivity contribution in [2.75, 3.05) is 91.8 Å². The summed E-state index contributed by atoms with van der Waals surface area (Å²) in [5, 5.41) is 3.70. The van der Waals surface area contributed by atoms with Crippen molar-refractivity contribution in [2.24, 2.45) is 0 Å². The largest absolute Gasteiger partial charge is 0.378 e. The van der Waals surface area contributed by atoms with E-state index in [1.807, 2.05) is 0 Å². The lowest BCUT2D eigenvalue weighted by molar-refractivity contribution is 0.122. The fourth-order valence-electron chi connectivity index (χ4n) is 3.95. The van der Waals surface area contributed by atoms with Gasteiger partial charge < -0.3 is 24.8 Å². The maximum Gasteiger partial charge on any atom is 0.229 e. The lowest BCUT2D eigenvalue weighted by Gasteiger charge is -2.32. The van der Waals surface area contributed by atoms with Crippen LogP contribution in [0.5, 0.6) is 0 Å². The number of nitrogens with one attached hydrogen (secondary N) is 1. The number of anilines is 3. The zero-order valence-corrected chi connectivity index (χ0v) is 18.3. The Labute approximate surface area is 182 Å². The van der Waals surface area contributed by atoms with E-state index in [4.69, 9.17) is 31.3 Å². The summed E-state index contributed by atoms with van der Waals surface area (Å²) in [6.45, 7) is 7.58. The third-order valence-electron chi connectivity index (χ3n) is 5.63. The summed E-state index contributed by atoms with van der Waals surface area (Å²) in [6, 6.07) is 0. The van der Waals surface area contributed by atoms with Crippen molar-refractivity contribution >= 4 is 51.1 Å². The van der Waals surface area contributed by atoms with E-state index >= 15 is 0 Å². The fourth-order valence-corrected chi connectivity index (χ4v) is 5.24. The molecule has 3 aliphatic rings. The van der Waals surface area contributed by atoms with Crippen molar-refractivity contribution in [2.45, 2.75) is 0 Å². The summed E-state index contributed by atoms with van der Waals surface area (Å²) in [4.78, 5) is 25.6. The van der Waals surface area contributed by atoms with Gasteiger partial charge in [0.15, 0.2) is 28.0 Å². The minimum atomic E-state index is -0.772. The van der Waals surface area contributed by atoms with E-state index in [9.17, 15) is 4.21 Å². The van der Waals surface area contributed by atoms with Crippen LogP contribution in [0.25, 0.3) is 11.2 Å². The molecule has 0 saturated carbocycles. The Bertz CT molecular complexity index is 941. The van der Waals surface area contributed by atoms with Crippen LogP contribution in [0.2, 0.25) is 5.15 Å². The average molecular weight is 453 g/mol. The number of aromatic nitrogens is 4. The van der Waals surface area contributed by atoms with Crippen LogP contribution in [0.15, 0.2) is 0 Å². The summed E-state index contributed by atoms with van der Waals surface area (Å²) in [5.41, 5.74) is 1.16. The van der Waals surface area contributed by atoms with Crippen LogP contribution in [-0.2, 0) is 15.5 Å². The predicted octanol–water partition coefficient (Wildman–Crippen LogP) is -0.112. The van der Waals surface area contributed by atoms with Crippen LogP contribution in [0.4, 0.5) is 17.6 Å². The van der Waals surface area contributed by atoms with Crippen molar-refractivity contribution in [1.82, 2.24) is 25.3 Å². The van der Waals surface area contributed by atoms with E-state index in [0.717, 1.165) is 45.1 Å². The zero-order valence-electron chi connectivity index (χ0n) is 16.7. The van der Waals surface area contributed by atoms with Gasteiger partial charge in [-0.3, -0.25) is 4.21 Å². The number of hydrogen-bond donors (Lipinski definition) is 1. The second-order valence-electron chi connectivity index (χ2n) is 7.53. The number of fused-ring (bicyclic) bond motifs is 1. The Balaban J connectivity index is 1.59. The van der Waals surface area contributed by atoms with Crippen molar-refractivity contribution in [1.29, 1.82) is 0 Å². The van der Waals surface area contributed by atoms with Gasteiger partial charge in [0.1, 0.15) is 0 Å². The third kappa shape index (κ3) is 4.03. The van der Waals surface area contributed by atoms with Crippen molar-refractivity contribution in [3.63, 3.8) is 0 Å². The molecule has 3 fully saturated rings. The van der Waals surface area contributed by atoms with Crippen LogP contribution < -0.4 is 20.0 Å². The first kappa shape index (κ1) is 20.1. The molecule has 10 nitrogen and oxygen atoms in total. The van der Waals surface area contributed by atoms with Crippen LogP contribution in [0.1, 0.15) is 0 Å². The molecular weight excluding hydrogens is 428 g/mol. The predicted molar refractivity (Wildman–Crippen MR) is 118 cm³/mol. The lowest BCUT2D eigenvalue weighted by Crippen LogP contribution is -2.44. The zero-order chi connectivity index (χ0) is 20.5. The van der Waals surface area contributed by atoms with Gasteiger partial charge in [-0.2, -0.15) is 9.97 Å². The molecule has 1 N–H and O–H groups in total. The van der Waals surface area contributed by atoms with Crippen LogP contribution in [-0.4, -0.2) is 101 Å². The van der Waals surface area contributed by atoms with Crippen LogP contribution in [0.3, 0.4) is 0 Å². The molecule has 3 saturated heterocycles. The van der Waals surface area contributed by atoms with Gasteiger partial charge in [0.25, 0.3) is 0 Å². The Kier molecular flexibility index (Phi) is 5.85. The van der Waals surface area contributed by atoms with Crippen molar-refractivity contribution < 1.29 is 8.95 Å². The first-order valence-electron chi connectivity index (χ1n) is 10.3. The molecule has 0 atom stereocenters. The number of hydrogen-bond acceptors (Lipinski definition) is 10. The molecule has 30 heavy (non-hydrogen) atoms. The van der Waals surface area contributed by atoms with Gasteiger partial charge in [-0.15, -0.1) is 0 Å². The van der Waals surface area contributed by atoms with Gasteiger partial charge in [-0.05, 0) is 0 Å². The van der Waals surface area contributed by atoms with Crippen LogP contribution >= 0.6 is 11.6 Å². The van der Waals surface area contributed by atoms with Gasteiger partial charge >= 0.3 is 0 Å². The summed E-state index contributed by atoms with van der Waals surface area (Å²) in [6.07, 6.45) is 0. The molecular formula is C18H25ClN8O2S. The highest BCUT2D eigenvalue weighted by molar-refractivity contribution is 7.85. The molecule has 0 spiro atoms. The second kappa shape index (κ2) is 8.74. The van der Waals surface area contributed by atoms with E-state index in [1.54, 1.807) is 0 Å². The SMILES string of the molecule is O=S1CCN(c2nc3nc(N4CCNCC4)nc(N4CCOCC4)c3nc2Cl)CC1. The molecule has 5 rings (SSSR count). The van der Waals surface area contributed by atoms with Gasteiger partial charge in [-0.1, -0.05) is 11.6 Å². The molecule has 2 aromatic rings. The fraction of sp³-hybridized carbons (Fsp3) is 0.667. The number of nitrogens with zero attached hydrogens (tertiary/aromatic N) is 7. The van der Waals surface area contributed by atoms with Crippen LogP contribution in [0, 0.1) is 0 Å². The highest BCUT2D eigenvalue weighted by Crippen LogP contribution is 2.31. The molecule has 5 heterocycles. The number of ether oxygens (including phenoxy) is 1. The Morgan fingerprint density at radius 3 is 2.27 bits per heavy atom. The summed E-state index contributed by atoms with van der Waals surface area (Å²) < 4.78 is 17.3. The first-order chi connectivity index (χ1) is 14.7. The average Bonchev–Trinajstić information content (AvgIpc) is 2.80. The molecule has 162 valence electrons. The monoisotopic (exact) mass is 452 g/mol.